The SMILES string of the molecule is C[C@H](O)CC(=O)N1C(=O)CC[C@H]1CO[Si](c1ccccc1)(c1ccccc1)C(C)(C)C. The van der Waals surface area contributed by atoms with Gasteiger partial charge in [0.05, 0.1) is 25.2 Å². The van der Waals surface area contributed by atoms with Crippen molar-refractivity contribution in [3.8, 4) is 0 Å². The number of amides is 2. The molecule has 1 fully saturated rings. The van der Waals surface area contributed by atoms with Crippen LogP contribution in [0.1, 0.15) is 47.0 Å². The third-order valence-corrected chi connectivity index (χ3v) is 11.0. The normalized spacial score (nSPS) is 18.3. The number of hydrogen-bond acceptors (Lipinski definition) is 4. The topological polar surface area (TPSA) is 66.8 Å². The highest BCUT2D eigenvalue weighted by atomic mass is 28.4. The molecule has 2 aromatic rings. The molecule has 0 radical (unpaired) electrons. The molecule has 5 nitrogen and oxygen atoms in total. The summed E-state index contributed by atoms with van der Waals surface area (Å²) in [5.74, 6) is -0.504. The zero-order valence-electron chi connectivity index (χ0n) is 18.9. The van der Waals surface area contributed by atoms with E-state index in [9.17, 15) is 14.7 Å². The molecule has 0 unspecified atom stereocenters. The van der Waals surface area contributed by atoms with Crippen LogP contribution in [0.3, 0.4) is 0 Å². The summed E-state index contributed by atoms with van der Waals surface area (Å²) in [5.41, 5.74) is 0. The zero-order chi connectivity index (χ0) is 22.6. The third-order valence-electron chi connectivity index (χ3n) is 5.97. The summed E-state index contributed by atoms with van der Waals surface area (Å²) in [6, 6.07) is 20.3. The number of likely N-dealkylation sites (tertiary alicyclic amines) is 1. The van der Waals surface area contributed by atoms with E-state index in [0.717, 1.165) is 0 Å². The fourth-order valence-corrected chi connectivity index (χ4v) is 9.18. The Morgan fingerprint density at radius 3 is 2.06 bits per heavy atom. The van der Waals surface area contributed by atoms with E-state index in [1.54, 1.807) is 6.92 Å². The lowest BCUT2D eigenvalue weighted by atomic mass is 10.2. The van der Waals surface area contributed by atoms with Gasteiger partial charge in [-0.3, -0.25) is 14.5 Å². The Balaban J connectivity index is 1.98. The monoisotopic (exact) mass is 439 g/mol. The lowest BCUT2D eigenvalue weighted by Gasteiger charge is -2.44. The quantitative estimate of drug-likeness (QED) is 0.674. The maximum absolute atomic E-state index is 12.6. The van der Waals surface area contributed by atoms with Crippen molar-refractivity contribution in [3.63, 3.8) is 0 Å². The molecule has 2 amide bonds. The van der Waals surface area contributed by atoms with Gasteiger partial charge in [0, 0.05) is 6.42 Å². The maximum atomic E-state index is 12.6. The Hall–Kier alpha value is -2.28. The molecule has 166 valence electrons. The van der Waals surface area contributed by atoms with Gasteiger partial charge in [-0.1, -0.05) is 81.4 Å². The Labute approximate surface area is 186 Å². The number of imide groups is 1. The number of benzene rings is 2. The third kappa shape index (κ3) is 4.81. The minimum Gasteiger partial charge on any atom is -0.405 e. The lowest BCUT2D eigenvalue weighted by Crippen LogP contribution is -2.67. The Bertz CT molecular complexity index is 853. The van der Waals surface area contributed by atoms with Crippen LogP contribution >= 0.6 is 0 Å². The molecule has 6 heteroatoms. The van der Waals surface area contributed by atoms with Gasteiger partial charge in [-0.05, 0) is 28.8 Å². The van der Waals surface area contributed by atoms with Crippen LogP contribution in [0.4, 0.5) is 0 Å². The highest BCUT2D eigenvalue weighted by molar-refractivity contribution is 6.99. The van der Waals surface area contributed by atoms with E-state index < -0.39 is 14.4 Å². The van der Waals surface area contributed by atoms with Crippen LogP contribution < -0.4 is 10.4 Å². The minimum absolute atomic E-state index is 0.0541. The number of rotatable bonds is 7. The molecule has 1 aliphatic heterocycles. The van der Waals surface area contributed by atoms with Crippen LogP contribution in [0.2, 0.25) is 5.04 Å². The second kappa shape index (κ2) is 9.47. The molecule has 0 spiro atoms. The maximum Gasteiger partial charge on any atom is 0.261 e. The van der Waals surface area contributed by atoms with Crippen molar-refractivity contribution in [3.05, 3.63) is 60.7 Å². The highest BCUT2D eigenvalue weighted by Gasteiger charge is 2.51. The average Bonchev–Trinajstić information content (AvgIpc) is 3.09. The Morgan fingerprint density at radius 1 is 1.10 bits per heavy atom. The first kappa shape index (κ1) is 23.4. The highest BCUT2D eigenvalue weighted by Crippen LogP contribution is 2.37. The van der Waals surface area contributed by atoms with E-state index in [-0.39, 0.29) is 29.3 Å². The second-order valence-electron chi connectivity index (χ2n) is 9.38. The van der Waals surface area contributed by atoms with E-state index in [4.69, 9.17) is 4.43 Å². The van der Waals surface area contributed by atoms with E-state index in [0.29, 0.717) is 19.4 Å². The molecule has 1 aliphatic rings. The van der Waals surface area contributed by atoms with Crippen LogP contribution in [0.25, 0.3) is 0 Å². The molecule has 1 N–H and O–H groups in total. The molecule has 1 heterocycles. The van der Waals surface area contributed by atoms with Crippen molar-refractivity contribution in [1.82, 2.24) is 4.90 Å². The largest absolute Gasteiger partial charge is 0.405 e. The summed E-state index contributed by atoms with van der Waals surface area (Å²) in [4.78, 5) is 26.4. The number of hydrogen-bond donors (Lipinski definition) is 1. The van der Waals surface area contributed by atoms with Gasteiger partial charge >= 0.3 is 0 Å². The van der Waals surface area contributed by atoms with Crippen molar-refractivity contribution in [2.75, 3.05) is 6.61 Å². The molecule has 2 atom stereocenters. The molecule has 2 aromatic carbocycles. The van der Waals surface area contributed by atoms with Crippen LogP contribution in [0.5, 0.6) is 0 Å². The Morgan fingerprint density at radius 2 is 1.61 bits per heavy atom. The molecule has 0 saturated carbocycles. The van der Waals surface area contributed by atoms with Gasteiger partial charge in [-0.15, -0.1) is 0 Å². The fourth-order valence-electron chi connectivity index (χ4n) is 4.58. The van der Waals surface area contributed by atoms with E-state index in [2.05, 4.69) is 45.0 Å². The van der Waals surface area contributed by atoms with Gasteiger partial charge < -0.3 is 9.53 Å². The second-order valence-corrected chi connectivity index (χ2v) is 13.7. The summed E-state index contributed by atoms with van der Waals surface area (Å²) >= 11 is 0. The van der Waals surface area contributed by atoms with E-state index >= 15 is 0 Å². The standard InChI is InChI=1S/C25H33NO4Si/c1-19(27)17-24(29)26-20(15-16-23(26)28)18-30-31(25(2,3)4,21-11-7-5-8-12-21)22-13-9-6-10-14-22/h5-14,19-20,27H,15-18H2,1-4H3/t19-,20-/m0/s1. The summed E-state index contributed by atoms with van der Waals surface area (Å²) < 4.78 is 6.91. The summed E-state index contributed by atoms with van der Waals surface area (Å²) in [6.07, 6.45) is 0.0869. The van der Waals surface area contributed by atoms with Gasteiger partial charge in [0.15, 0.2) is 0 Å². The van der Waals surface area contributed by atoms with Gasteiger partial charge in [0.1, 0.15) is 0 Å². The van der Waals surface area contributed by atoms with Gasteiger partial charge in [-0.2, -0.15) is 0 Å². The predicted molar refractivity (Wildman–Crippen MR) is 125 cm³/mol. The number of carbonyl (C=O) groups is 2. The molecule has 1 saturated heterocycles. The van der Waals surface area contributed by atoms with E-state index in [1.165, 1.54) is 15.3 Å². The fraction of sp³-hybridized carbons (Fsp3) is 0.440. The number of aliphatic hydroxyl groups is 1. The van der Waals surface area contributed by atoms with Crippen LogP contribution in [-0.4, -0.2) is 48.9 Å². The van der Waals surface area contributed by atoms with Gasteiger partial charge in [0.25, 0.3) is 8.32 Å². The first-order valence-electron chi connectivity index (χ1n) is 10.9. The molecule has 0 aliphatic carbocycles. The van der Waals surface area contributed by atoms with Crippen molar-refractivity contribution in [1.29, 1.82) is 0 Å². The van der Waals surface area contributed by atoms with Gasteiger partial charge in [0.2, 0.25) is 11.8 Å². The van der Waals surface area contributed by atoms with Crippen molar-refractivity contribution < 1.29 is 19.1 Å². The predicted octanol–water partition coefficient (Wildman–Crippen LogP) is 2.85. The number of aliphatic hydroxyl groups excluding tert-OH is 1. The molecule has 3 rings (SSSR count). The molecule has 31 heavy (non-hydrogen) atoms. The van der Waals surface area contributed by atoms with E-state index in [1.807, 2.05) is 36.4 Å². The Kier molecular flexibility index (Phi) is 7.14. The zero-order valence-corrected chi connectivity index (χ0v) is 19.9. The van der Waals surface area contributed by atoms with Crippen LogP contribution in [0.15, 0.2) is 60.7 Å². The van der Waals surface area contributed by atoms with Crippen molar-refractivity contribution in [2.45, 2.75) is 64.1 Å². The minimum atomic E-state index is -2.73. The summed E-state index contributed by atoms with van der Waals surface area (Å²) in [5, 5.41) is 11.8. The molecule has 0 bridgehead atoms. The molecular weight excluding hydrogens is 406 g/mol. The first-order chi connectivity index (χ1) is 14.7. The van der Waals surface area contributed by atoms with Crippen LogP contribution in [0, 0.1) is 0 Å². The molecular formula is C25H33NO4Si. The lowest BCUT2D eigenvalue weighted by molar-refractivity contribution is -0.145. The first-order valence-corrected chi connectivity index (χ1v) is 12.9. The smallest absolute Gasteiger partial charge is 0.261 e. The van der Waals surface area contributed by atoms with Crippen molar-refractivity contribution in [2.24, 2.45) is 0 Å². The summed E-state index contributed by atoms with van der Waals surface area (Å²) in [6.45, 7) is 8.47. The van der Waals surface area contributed by atoms with Crippen molar-refractivity contribution >= 4 is 30.5 Å². The van der Waals surface area contributed by atoms with Crippen LogP contribution in [-0.2, 0) is 14.0 Å². The average molecular weight is 440 g/mol. The number of nitrogens with zero attached hydrogens (tertiary/aromatic N) is 1. The molecule has 0 aromatic heterocycles. The van der Waals surface area contributed by atoms with Gasteiger partial charge in [-0.25, -0.2) is 0 Å². The summed E-state index contributed by atoms with van der Waals surface area (Å²) in [7, 11) is -2.73. The number of carbonyl (C=O) groups excluding carboxylic acids is 2.